The van der Waals surface area contributed by atoms with Crippen molar-refractivity contribution in [1.29, 1.82) is 0 Å². The number of nitrogens with zero attached hydrogens (tertiary/aromatic N) is 2. The Bertz CT molecular complexity index is 658. The molecule has 0 spiro atoms. The number of carbonyl (C=O) groups is 1. The summed E-state index contributed by atoms with van der Waals surface area (Å²) in [6.45, 7) is 1.76. The number of aromatic nitrogens is 3. The summed E-state index contributed by atoms with van der Waals surface area (Å²) in [5.74, 6) is 1.49. The van der Waals surface area contributed by atoms with Gasteiger partial charge < -0.3 is 5.32 Å². The lowest BCUT2D eigenvalue weighted by atomic mass is 10.0. The second kappa shape index (κ2) is 5.46. The Balaban J connectivity index is 1.82. The topological polar surface area (TPSA) is 70.7 Å². The van der Waals surface area contributed by atoms with Crippen molar-refractivity contribution in [1.82, 2.24) is 20.5 Å². The lowest BCUT2D eigenvalue weighted by Crippen LogP contribution is -2.31. The smallest absolute Gasteiger partial charge is 0.291 e. The third-order valence-electron chi connectivity index (χ3n) is 3.12. The number of amides is 1. The van der Waals surface area contributed by atoms with E-state index in [1.54, 1.807) is 18.7 Å². The molecule has 0 radical (unpaired) electrons. The Hall–Kier alpha value is -1.53. The number of halogens is 1. The van der Waals surface area contributed by atoms with Gasteiger partial charge in [-0.3, -0.25) is 9.89 Å². The first-order valence-corrected chi connectivity index (χ1v) is 7.62. The van der Waals surface area contributed by atoms with Gasteiger partial charge >= 0.3 is 0 Å². The number of nitrogens with one attached hydrogen (secondary N) is 2. The number of carbonyl (C=O) groups excluding carboxylic acids is 1. The van der Waals surface area contributed by atoms with Gasteiger partial charge in [0.05, 0.1) is 6.04 Å². The predicted molar refractivity (Wildman–Crippen MR) is 78.1 cm³/mol. The maximum absolute atomic E-state index is 12.1. The van der Waals surface area contributed by atoms with Crippen LogP contribution in [0.2, 0.25) is 5.02 Å². The molecular weight excluding hydrogens is 296 g/mol. The number of fused-ring (bicyclic) bond motifs is 1. The molecule has 1 atom stereocenters. The summed E-state index contributed by atoms with van der Waals surface area (Å²) < 4.78 is 0. The van der Waals surface area contributed by atoms with E-state index in [1.807, 2.05) is 18.2 Å². The summed E-state index contributed by atoms with van der Waals surface area (Å²) in [7, 11) is 0. The van der Waals surface area contributed by atoms with Gasteiger partial charge in [-0.1, -0.05) is 11.6 Å². The molecule has 0 fully saturated rings. The first-order valence-electron chi connectivity index (χ1n) is 6.25. The number of hydrogen-bond acceptors (Lipinski definition) is 4. The highest BCUT2D eigenvalue weighted by Gasteiger charge is 2.24. The number of aryl methyl sites for hydroxylation is 1. The first-order chi connectivity index (χ1) is 9.63. The molecule has 1 aromatic carbocycles. The summed E-state index contributed by atoms with van der Waals surface area (Å²) in [4.78, 5) is 17.3. The van der Waals surface area contributed by atoms with E-state index in [0.717, 1.165) is 22.6 Å². The minimum absolute atomic E-state index is 0.0451. The lowest BCUT2D eigenvalue weighted by molar-refractivity contribution is 0.0925. The average Bonchev–Trinajstić information content (AvgIpc) is 2.86. The fraction of sp³-hybridized carbons (Fsp3) is 0.308. The number of H-pyrrole nitrogens is 1. The average molecular weight is 309 g/mol. The van der Waals surface area contributed by atoms with Crippen LogP contribution in [0.15, 0.2) is 23.1 Å². The van der Waals surface area contributed by atoms with Gasteiger partial charge in [-0.05, 0) is 37.1 Å². The van der Waals surface area contributed by atoms with Gasteiger partial charge in [-0.2, -0.15) is 0 Å². The Morgan fingerprint density at radius 1 is 1.55 bits per heavy atom. The maximum Gasteiger partial charge on any atom is 0.291 e. The molecule has 2 aromatic rings. The quantitative estimate of drug-likeness (QED) is 0.895. The van der Waals surface area contributed by atoms with Crippen LogP contribution in [0, 0.1) is 6.92 Å². The van der Waals surface area contributed by atoms with Gasteiger partial charge in [0.15, 0.2) is 0 Å². The second-order valence-corrected chi connectivity index (χ2v) is 6.16. The van der Waals surface area contributed by atoms with Crippen LogP contribution < -0.4 is 5.32 Å². The van der Waals surface area contributed by atoms with Crippen molar-refractivity contribution in [2.24, 2.45) is 0 Å². The number of aromatic amines is 1. The van der Waals surface area contributed by atoms with Gasteiger partial charge in [0, 0.05) is 15.7 Å². The van der Waals surface area contributed by atoms with Crippen LogP contribution in [-0.2, 0) is 0 Å². The van der Waals surface area contributed by atoms with Crippen molar-refractivity contribution in [3.63, 3.8) is 0 Å². The zero-order valence-electron chi connectivity index (χ0n) is 10.8. The molecule has 1 amide bonds. The van der Waals surface area contributed by atoms with Crippen LogP contribution in [0.1, 0.15) is 34.5 Å². The molecule has 0 bridgehead atoms. The Morgan fingerprint density at radius 2 is 2.40 bits per heavy atom. The molecular formula is C13H13ClN4OS. The molecule has 2 N–H and O–H groups in total. The predicted octanol–water partition coefficient (Wildman–Crippen LogP) is 2.73. The lowest BCUT2D eigenvalue weighted by Gasteiger charge is -2.25. The molecule has 1 aromatic heterocycles. The maximum atomic E-state index is 12.1. The summed E-state index contributed by atoms with van der Waals surface area (Å²) in [5.41, 5.74) is 1.06. The van der Waals surface area contributed by atoms with Gasteiger partial charge in [-0.25, -0.2) is 4.98 Å². The van der Waals surface area contributed by atoms with Gasteiger partial charge in [0.25, 0.3) is 5.91 Å². The Labute approximate surface area is 125 Å². The monoisotopic (exact) mass is 308 g/mol. The molecule has 5 nitrogen and oxygen atoms in total. The minimum atomic E-state index is -0.267. The molecule has 1 aliphatic heterocycles. The van der Waals surface area contributed by atoms with E-state index in [-0.39, 0.29) is 17.8 Å². The van der Waals surface area contributed by atoms with Crippen molar-refractivity contribution in [2.45, 2.75) is 24.3 Å². The largest absolute Gasteiger partial charge is 0.342 e. The molecule has 0 aliphatic carbocycles. The van der Waals surface area contributed by atoms with Crippen molar-refractivity contribution in [3.8, 4) is 0 Å². The third-order valence-corrected chi connectivity index (χ3v) is 4.47. The zero-order valence-corrected chi connectivity index (χ0v) is 12.4. The number of thioether (sulfide) groups is 1. The van der Waals surface area contributed by atoms with Gasteiger partial charge in [-0.15, -0.1) is 16.9 Å². The molecule has 20 heavy (non-hydrogen) atoms. The number of rotatable bonds is 2. The Morgan fingerprint density at radius 3 is 3.15 bits per heavy atom. The fourth-order valence-electron chi connectivity index (χ4n) is 2.18. The highest BCUT2D eigenvalue weighted by molar-refractivity contribution is 7.99. The van der Waals surface area contributed by atoms with Crippen LogP contribution in [0.4, 0.5) is 0 Å². The van der Waals surface area contributed by atoms with Crippen LogP contribution in [-0.4, -0.2) is 26.8 Å². The van der Waals surface area contributed by atoms with Crippen LogP contribution in [0.25, 0.3) is 0 Å². The first kappa shape index (κ1) is 13.5. The van der Waals surface area contributed by atoms with E-state index >= 15 is 0 Å². The van der Waals surface area contributed by atoms with Gasteiger partial charge in [0.1, 0.15) is 5.82 Å². The highest BCUT2D eigenvalue weighted by Crippen LogP contribution is 2.37. The van der Waals surface area contributed by atoms with E-state index in [4.69, 9.17) is 11.6 Å². The molecule has 3 rings (SSSR count). The van der Waals surface area contributed by atoms with E-state index in [9.17, 15) is 4.79 Å². The van der Waals surface area contributed by atoms with Crippen molar-refractivity contribution in [3.05, 3.63) is 40.4 Å². The normalized spacial score (nSPS) is 17.6. The van der Waals surface area contributed by atoms with E-state index in [2.05, 4.69) is 20.5 Å². The van der Waals surface area contributed by atoms with E-state index < -0.39 is 0 Å². The summed E-state index contributed by atoms with van der Waals surface area (Å²) >= 11 is 7.83. The van der Waals surface area contributed by atoms with Crippen LogP contribution in [0.5, 0.6) is 0 Å². The van der Waals surface area contributed by atoms with Crippen molar-refractivity contribution in [2.75, 3.05) is 5.75 Å². The molecule has 2 heterocycles. The van der Waals surface area contributed by atoms with Crippen LogP contribution in [0.3, 0.4) is 0 Å². The van der Waals surface area contributed by atoms with E-state index in [1.165, 1.54) is 0 Å². The van der Waals surface area contributed by atoms with Crippen LogP contribution >= 0.6 is 23.4 Å². The molecule has 0 saturated heterocycles. The standard InChI is InChI=1S/C13H13ClN4OS/c1-7-15-12(18-17-7)13(19)16-10-4-5-20-11-3-2-8(14)6-9(10)11/h2-3,6,10H,4-5H2,1H3,(H,16,19)(H,15,17,18). The Kier molecular flexibility index (Phi) is 3.67. The SMILES string of the molecule is Cc1nc(C(=O)NC2CCSc3ccc(Cl)cc32)n[nH]1. The number of hydrogen-bond donors (Lipinski definition) is 2. The van der Waals surface area contributed by atoms with Gasteiger partial charge in [0.2, 0.25) is 5.82 Å². The molecule has 1 unspecified atom stereocenters. The molecule has 1 aliphatic rings. The third kappa shape index (κ3) is 2.66. The minimum Gasteiger partial charge on any atom is -0.342 e. The zero-order chi connectivity index (χ0) is 14.1. The second-order valence-electron chi connectivity index (χ2n) is 4.59. The van der Waals surface area contributed by atoms with Crippen molar-refractivity contribution >= 4 is 29.3 Å². The van der Waals surface area contributed by atoms with E-state index in [0.29, 0.717) is 10.8 Å². The number of benzene rings is 1. The summed E-state index contributed by atoms with van der Waals surface area (Å²) in [5, 5.41) is 10.2. The molecule has 0 saturated carbocycles. The fourth-order valence-corrected chi connectivity index (χ4v) is 3.47. The summed E-state index contributed by atoms with van der Waals surface area (Å²) in [6, 6.07) is 5.74. The van der Waals surface area contributed by atoms with Crippen molar-refractivity contribution < 1.29 is 4.79 Å². The summed E-state index contributed by atoms with van der Waals surface area (Å²) in [6.07, 6.45) is 0.868. The molecule has 7 heteroatoms. The highest BCUT2D eigenvalue weighted by atomic mass is 35.5. The molecule has 104 valence electrons.